The van der Waals surface area contributed by atoms with Crippen molar-refractivity contribution in [1.82, 2.24) is 0 Å². The van der Waals surface area contributed by atoms with Crippen molar-refractivity contribution in [2.24, 2.45) is 0 Å². The van der Waals surface area contributed by atoms with E-state index in [0.29, 0.717) is 0 Å². The SMILES string of the molecule is COc1ccc(-c2cccc3[cH-]c(C)cc23)cc1.COc1ccc(-c2cccc3[cH-]c(C)cc23)cc1.[CH2-]C[CH2-].[Cl-].[Cl-].[Zr+2]. The fraction of sp³-hybridized carbons (Fsp3) is 0.135. The van der Waals surface area contributed by atoms with Crippen molar-refractivity contribution in [2.75, 3.05) is 14.2 Å². The summed E-state index contributed by atoms with van der Waals surface area (Å²) in [5.41, 5.74) is 7.64. The van der Waals surface area contributed by atoms with E-state index >= 15 is 0 Å². The van der Waals surface area contributed by atoms with E-state index in [1.54, 1.807) is 14.2 Å². The zero-order chi connectivity index (χ0) is 27.8. The molecule has 42 heavy (non-hydrogen) atoms. The van der Waals surface area contributed by atoms with Crippen LogP contribution in [0.25, 0.3) is 43.8 Å². The van der Waals surface area contributed by atoms with Crippen molar-refractivity contribution < 1.29 is 60.5 Å². The Morgan fingerprint density at radius 3 is 1.21 bits per heavy atom. The topological polar surface area (TPSA) is 18.5 Å². The molecule has 0 spiro atoms. The molecule has 0 radical (unpaired) electrons. The first-order valence-corrected chi connectivity index (χ1v) is 13.2. The van der Waals surface area contributed by atoms with Crippen molar-refractivity contribution in [3.05, 3.63) is 134 Å². The molecule has 0 atom stereocenters. The van der Waals surface area contributed by atoms with Gasteiger partial charge in [-0.05, 0) is 35.4 Å². The van der Waals surface area contributed by atoms with E-state index < -0.39 is 0 Å². The predicted molar refractivity (Wildman–Crippen MR) is 168 cm³/mol. The number of aryl methyl sites for hydroxylation is 2. The van der Waals surface area contributed by atoms with Gasteiger partial charge in [0.1, 0.15) is 11.5 Å². The zero-order valence-corrected chi connectivity index (χ0v) is 28.6. The molecule has 0 N–H and O–H groups in total. The van der Waals surface area contributed by atoms with E-state index in [1.807, 2.05) is 24.3 Å². The van der Waals surface area contributed by atoms with E-state index in [4.69, 9.17) is 9.47 Å². The maximum absolute atomic E-state index is 5.20. The normalized spacial score (nSPS) is 9.67. The summed E-state index contributed by atoms with van der Waals surface area (Å²) in [6, 6.07) is 38.3. The second kappa shape index (κ2) is 18.0. The van der Waals surface area contributed by atoms with Gasteiger partial charge in [-0.3, -0.25) is 0 Å². The van der Waals surface area contributed by atoms with E-state index in [1.165, 1.54) is 54.9 Å². The Kier molecular flexibility index (Phi) is 15.9. The van der Waals surface area contributed by atoms with Gasteiger partial charge in [-0.2, -0.15) is 12.1 Å². The van der Waals surface area contributed by atoms with Gasteiger partial charge in [-0.25, -0.2) is 0 Å². The molecular formula is C37H36Cl2O2Zr-4. The number of fused-ring (bicyclic) bond motifs is 2. The Balaban J connectivity index is 0.000000361. The standard InChI is InChI=1S/2C17H15O.C3H6.2ClH.Zr/c2*1-12-10-14-4-3-5-16(17(14)11-12)13-6-8-15(18-2)9-7-13;1-3-2;;;/h2*3-11H,1-2H3;1-3H2;2*1H;/q2*-1;-2;;;+2/p-2. The molecule has 0 amide bonds. The molecule has 6 aromatic rings. The Hall–Kier alpha value is -2.84. The minimum absolute atomic E-state index is 0. The first-order chi connectivity index (χ1) is 19.0. The molecule has 6 aromatic carbocycles. The van der Waals surface area contributed by atoms with E-state index in [-0.39, 0.29) is 51.0 Å². The average Bonchev–Trinajstić information content (AvgIpc) is 3.54. The fourth-order valence-corrected chi connectivity index (χ4v) is 4.81. The summed E-state index contributed by atoms with van der Waals surface area (Å²) in [6.07, 6.45) is 0.750. The Labute approximate surface area is 282 Å². The Bertz CT molecular complexity index is 1510. The average molecular weight is 675 g/mol. The van der Waals surface area contributed by atoms with Crippen LogP contribution in [-0.4, -0.2) is 14.2 Å². The van der Waals surface area contributed by atoms with Gasteiger partial charge in [0.25, 0.3) is 0 Å². The minimum Gasteiger partial charge on any atom is -1.00 e. The molecule has 0 unspecified atom stereocenters. The largest absolute Gasteiger partial charge is 2.00 e. The number of benzene rings is 4. The van der Waals surface area contributed by atoms with Crippen LogP contribution < -0.4 is 34.3 Å². The summed E-state index contributed by atoms with van der Waals surface area (Å²) in [4.78, 5) is 0. The van der Waals surface area contributed by atoms with Gasteiger partial charge >= 0.3 is 26.2 Å². The molecule has 0 fully saturated rings. The predicted octanol–water partition coefficient (Wildman–Crippen LogP) is 4.14. The Morgan fingerprint density at radius 2 is 0.905 bits per heavy atom. The third-order valence-electron chi connectivity index (χ3n) is 6.59. The number of rotatable bonds is 4. The van der Waals surface area contributed by atoms with Crippen LogP contribution >= 0.6 is 0 Å². The number of hydrogen-bond acceptors (Lipinski definition) is 2. The number of ether oxygens (including phenoxy) is 2. The molecule has 0 bridgehead atoms. The Morgan fingerprint density at radius 1 is 0.571 bits per heavy atom. The number of methoxy groups -OCH3 is 2. The fourth-order valence-electron chi connectivity index (χ4n) is 4.81. The minimum atomic E-state index is 0. The monoisotopic (exact) mass is 672 g/mol. The van der Waals surface area contributed by atoms with Crippen molar-refractivity contribution in [3.8, 4) is 33.8 Å². The van der Waals surface area contributed by atoms with Crippen molar-refractivity contribution in [3.63, 3.8) is 0 Å². The van der Waals surface area contributed by atoms with Crippen LogP contribution in [0.2, 0.25) is 0 Å². The molecule has 0 heterocycles. The summed E-state index contributed by atoms with van der Waals surface area (Å²) in [5, 5.41) is 5.25. The van der Waals surface area contributed by atoms with E-state index in [2.05, 4.69) is 113 Å². The molecular weight excluding hydrogens is 639 g/mol. The van der Waals surface area contributed by atoms with Gasteiger partial charge in [0, 0.05) is 0 Å². The molecule has 0 aromatic heterocycles. The van der Waals surface area contributed by atoms with E-state index in [0.717, 1.165) is 17.9 Å². The van der Waals surface area contributed by atoms with Crippen LogP contribution in [0, 0.1) is 27.7 Å². The summed E-state index contributed by atoms with van der Waals surface area (Å²) in [7, 11) is 3.38. The number of hydrogen-bond donors (Lipinski definition) is 0. The summed E-state index contributed by atoms with van der Waals surface area (Å²) < 4.78 is 10.4. The van der Waals surface area contributed by atoms with Gasteiger partial charge < -0.3 is 54.6 Å². The van der Waals surface area contributed by atoms with Crippen molar-refractivity contribution >= 4 is 21.5 Å². The number of halogens is 2. The molecule has 0 saturated heterocycles. The second-order valence-corrected chi connectivity index (χ2v) is 9.49. The van der Waals surface area contributed by atoms with Gasteiger partial charge in [0.05, 0.1) is 14.2 Å². The molecule has 5 heteroatoms. The van der Waals surface area contributed by atoms with Gasteiger partial charge in [0.15, 0.2) is 0 Å². The van der Waals surface area contributed by atoms with Gasteiger partial charge in [-0.15, -0.1) is 69.1 Å². The molecule has 218 valence electrons. The van der Waals surface area contributed by atoms with Crippen LogP contribution in [0.4, 0.5) is 0 Å². The maximum atomic E-state index is 5.20. The van der Waals surface area contributed by atoms with Gasteiger partial charge in [-0.1, -0.05) is 61.4 Å². The van der Waals surface area contributed by atoms with Crippen LogP contribution in [0.3, 0.4) is 0 Å². The van der Waals surface area contributed by atoms with Crippen LogP contribution in [0.5, 0.6) is 11.5 Å². The zero-order valence-electron chi connectivity index (χ0n) is 24.6. The first-order valence-electron chi connectivity index (χ1n) is 13.2. The molecule has 0 aliphatic heterocycles. The van der Waals surface area contributed by atoms with Crippen LogP contribution in [0.1, 0.15) is 17.5 Å². The van der Waals surface area contributed by atoms with Gasteiger partial charge in [0.2, 0.25) is 0 Å². The summed E-state index contributed by atoms with van der Waals surface area (Å²) >= 11 is 0. The molecule has 2 nitrogen and oxygen atoms in total. The molecule has 6 rings (SSSR count). The molecule has 0 saturated carbocycles. The third kappa shape index (κ3) is 9.08. The van der Waals surface area contributed by atoms with Crippen molar-refractivity contribution in [1.29, 1.82) is 0 Å². The van der Waals surface area contributed by atoms with Crippen LogP contribution in [-0.2, 0) is 26.2 Å². The van der Waals surface area contributed by atoms with Crippen molar-refractivity contribution in [2.45, 2.75) is 20.3 Å². The molecule has 0 aliphatic carbocycles. The van der Waals surface area contributed by atoms with E-state index in [9.17, 15) is 0 Å². The first kappa shape index (κ1) is 37.2. The second-order valence-electron chi connectivity index (χ2n) is 9.49. The third-order valence-corrected chi connectivity index (χ3v) is 6.59. The maximum Gasteiger partial charge on any atom is 2.00 e. The summed E-state index contributed by atoms with van der Waals surface area (Å²) in [6.45, 7) is 11.0. The smallest absolute Gasteiger partial charge is 1.00 e. The summed E-state index contributed by atoms with van der Waals surface area (Å²) in [5.74, 6) is 1.79. The molecule has 0 aliphatic rings. The van der Waals surface area contributed by atoms with Crippen LogP contribution in [0.15, 0.2) is 109 Å². The quantitative estimate of drug-likeness (QED) is 0.262.